The van der Waals surface area contributed by atoms with Crippen LogP contribution in [0.2, 0.25) is 0 Å². The molecule has 1 rings (SSSR count). The number of ether oxygens (including phenoxy) is 1. The van der Waals surface area contributed by atoms with Crippen LogP contribution in [0.4, 0.5) is 5.69 Å². The van der Waals surface area contributed by atoms with E-state index in [-0.39, 0.29) is 24.1 Å². The molecular weight excluding hydrogens is 206 g/mol. The number of benzene rings is 1. The molecule has 0 bridgehead atoms. The van der Waals surface area contributed by atoms with Crippen LogP contribution < -0.4 is 5.73 Å². The van der Waals surface area contributed by atoms with E-state index in [9.17, 15) is 9.59 Å². The van der Waals surface area contributed by atoms with Gasteiger partial charge in [0.05, 0.1) is 13.5 Å². The second-order valence-corrected chi connectivity index (χ2v) is 3.67. The molecule has 0 heterocycles. The summed E-state index contributed by atoms with van der Waals surface area (Å²) in [5, 5.41) is 0. The first-order chi connectivity index (χ1) is 7.54. The highest BCUT2D eigenvalue weighted by Gasteiger charge is 2.18. The molecule has 16 heavy (non-hydrogen) atoms. The zero-order valence-electron chi connectivity index (χ0n) is 9.40. The second-order valence-electron chi connectivity index (χ2n) is 3.67. The van der Waals surface area contributed by atoms with Crippen molar-refractivity contribution >= 4 is 17.4 Å². The number of carbonyl (C=O) groups excluding carboxylic acids is 2. The van der Waals surface area contributed by atoms with Crippen LogP contribution in [-0.2, 0) is 9.53 Å². The van der Waals surface area contributed by atoms with Crippen LogP contribution in [-0.4, -0.2) is 18.9 Å². The van der Waals surface area contributed by atoms with Gasteiger partial charge in [0, 0.05) is 17.2 Å². The molecule has 86 valence electrons. The lowest BCUT2D eigenvalue weighted by Crippen LogP contribution is -2.16. The normalized spacial score (nSPS) is 11.9. The molecule has 0 aliphatic rings. The van der Waals surface area contributed by atoms with Crippen molar-refractivity contribution in [1.29, 1.82) is 0 Å². The highest BCUT2D eigenvalue weighted by Crippen LogP contribution is 2.14. The van der Waals surface area contributed by atoms with Crippen molar-refractivity contribution in [1.82, 2.24) is 0 Å². The molecule has 2 N–H and O–H groups in total. The Kier molecular flexibility index (Phi) is 4.05. The number of Topliss-reactive ketones (excluding diaryl/α,β-unsaturated/α-hetero) is 1. The maximum atomic E-state index is 11.9. The van der Waals surface area contributed by atoms with E-state index in [0.717, 1.165) is 0 Å². The summed E-state index contributed by atoms with van der Waals surface area (Å²) in [6.07, 6.45) is 0.0969. The highest BCUT2D eigenvalue weighted by molar-refractivity contribution is 5.99. The summed E-state index contributed by atoms with van der Waals surface area (Å²) in [6, 6.07) is 6.65. The van der Waals surface area contributed by atoms with Crippen molar-refractivity contribution in [3.63, 3.8) is 0 Å². The van der Waals surface area contributed by atoms with Crippen LogP contribution in [0.5, 0.6) is 0 Å². The fourth-order valence-electron chi connectivity index (χ4n) is 1.36. The van der Waals surface area contributed by atoms with E-state index in [0.29, 0.717) is 11.3 Å². The number of ketones is 1. The molecular formula is C12H15NO3. The van der Waals surface area contributed by atoms with E-state index in [1.807, 2.05) is 0 Å². The molecule has 0 aliphatic heterocycles. The average Bonchev–Trinajstić information content (AvgIpc) is 2.28. The molecule has 0 aromatic heterocycles. The van der Waals surface area contributed by atoms with Gasteiger partial charge < -0.3 is 10.5 Å². The number of anilines is 1. The molecule has 1 aromatic rings. The fourth-order valence-corrected chi connectivity index (χ4v) is 1.36. The number of methoxy groups -OCH3 is 1. The lowest BCUT2D eigenvalue weighted by molar-refractivity contribution is -0.141. The van der Waals surface area contributed by atoms with E-state index in [1.54, 1.807) is 31.2 Å². The van der Waals surface area contributed by atoms with Crippen LogP contribution in [0.15, 0.2) is 24.3 Å². The van der Waals surface area contributed by atoms with Crippen LogP contribution in [0.3, 0.4) is 0 Å². The number of nitrogens with two attached hydrogens (primary N) is 1. The molecule has 0 saturated carbocycles. The van der Waals surface area contributed by atoms with E-state index in [2.05, 4.69) is 4.74 Å². The van der Waals surface area contributed by atoms with Gasteiger partial charge in [-0.25, -0.2) is 0 Å². The third-order valence-electron chi connectivity index (χ3n) is 2.34. The first-order valence-electron chi connectivity index (χ1n) is 5.01. The molecule has 0 radical (unpaired) electrons. The number of nitrogen functional groups attached to an aromatic ring is 1. The van der Waals surface area contributed by atoms with E-state index < -0.39 is 0 Å². The number of carbonyl (C=O) groups is 2. The first kappa shape index (κ1) is 12.2. The summed E-state index contributed by atoms with van der Waals surface area (Å²) in [6.45, 7) is 1.70. The van der Waals surface area contributed by atoms with Crippen molar-refractivity contribution in [3.05, 3.63) is 29.8 Å². The van der Waals surface area contributed by atoms with Crippen LogP contribution in [0.1, 0.15) is 23.7 Å². The van der Waals surface area contributed by atoms with E-state index in [4.69, 9.17) is 5.73 Å². The molecule has 0 amide bonds. The molecule has 0 saturated heterocycles. The Hall–Kier alpha value is -1.84. The summed E-state index contributed by atoms with van der Waals surface area (Å²) in [5.74, 6) is -0.835. The maximum absolute atomic E-state index is 11.9. The topological polar surface area (TPSA) is 69.4 Å². The van der Waals surface area contributed by atoms with Crippen molar-refractivity contribution in [2.24, 2.45) is 5.92 Å². The van der Waals surface area contributed by atoms with Gasteiger partial charge in [0.1, 0.15) is 0 Å². The molecule has 0 spiro atoms. The maximum Gasteiger partial charge on any atom is 0.306 e. The van der Waals surface area contributed by atoms with Gasteiger partial charge in [-0.3, -0.25) is 9.59 Å². The number of esters is 1. The van der Waals surface area contributed by atoms with Crippen molar-refractivity contribution in [2.75, 3.05) is 12.8 Å². The molecule has 1 atom stereocenters. The minimum absolute atomic E-state index is 0.0783. The van der Waals surface area contributed by atoms with Gasteiger partial charge in [-0.1, -0.05) is 6.92 Å². The van der Waals surface area contributed by atoms with Gasteiger partial charge in [0.25, 0.3) is 0 Å². The Balaban J connectivity index is 2.70. The molecule has 4 nitrogen and oxygen atoms in total. The monoisotopic (exact) mass is 221 g/mol. The minimum Gasteiger partial charge on any atom is -0.469 e. The summed E-state index contributed by atoms with van der Waals surface area (Å²) in [5.41, 5.74) is 6.69. The van der Waals surface area contributed by atoms with Crippen molar-refractivity contribution in [2.45, 2.75) is 13.3 Å². The van der Waals surface area contributed by atoms with Crippen LogP contribution in [0.25, 0.3) is 0 Å². The van der Waals surface area contributed by atoms with E-state index >= 15 is 0 Å². The lowest BCUT2D eigenvalue weighted by Gasteiger charge is -2.08. The van der Waals surface area contributed by atoms with Crippen molar-refractivity contribution in [3.8, 4) is 0 Å². The van der Waals surface area contributed by atoms with E-state index in [1.165, 1.54) is 7.11 Å². The Labute approximate surface area is 94.4 Å². The smallest absolute Gasteiger partial charge is 0.306 e. The van der Waals surface area contributed by atoms with Gasteiger partial charge in [-0.2, -0.15) is 0 Å². The van der Waals surface area contributed by atoms with Gasteiger partial charge in [0.15, 0.2) is 5.78 Å². The lowest BCUT2D eigenvalue weighted by atomic mass is 9.96. The standard InChI is InChI=1S/C12H15NO3/c1-8(7-11(14)16-2)12(15)9-3-5-10(13)6-4-9/h3-6,8H,7,13H2,1-2H3. The number of rotatable bonds is 4. The highest BCUT2D eigenvalue weighted by atomic mass is 16.5. The Morgan fingerprint density at radius 2 is 1.88 bits per heavy atom. The molecule has 1 unspecified atom stereocenters. The predicted molar refractivity (Wildman–Crippen MR) is 61.0 cm³/mol. The largest absolute Gasteiger partial charge is 0.469 e. The van der Waals surface area contributed by atoms with Gasteiger partial charge >= 0.3 is 5.97 Å². The SMILES string of the molecule is COC(=O)CC(C)C(=O)c1ccc(N)cc1. The second kappa shape index (κ2) is 5.30. The Morgan fingerprint density at radius 1 is 1.31 bits per heavy atom. The summed E-state index contributed by atoms with van der Waals surface area (Å²) >= 11 is 0. The third kappa shape index (κ3) is 3.08. The predicted octanol–water partition coefficient (Wildman–Crippen LogP) is 1.65. The summed E-state index contributed by atoms with van der Waals surface area (Å²) in [7, 11) is 1.31. The molecule has 1 aromatic carbocycles. The summed E-state index contributed by atoms with van der Waals surface area (Å²) < 4.78 is 4.51. The fraction of sp³-hybridized carbons (Fsp3) is 0.333. The zero-order valence-corrected chi connectivity index (χ0v) is 9.40. The number of hydrogen-bond donors (Lipinski definition) is 1. The third-order valence-corrected chi connectivity index (χ3v) is 2.34. The molecule has 0 fully saturated rings. The Morgan fingerprint density at radius 3 is 2.38 bits per heavy atom. The molecule has 4 heteroatoms. The summed E-state index contributed by atoms with van der Waals surface area (Å²) in [4.78, 5) is 22.9. The van der Waals surface area contributed by atoms with Gasteiger partial charge in [-0.05, 0) is 24.3 Å². The quantitative estimate of drug-likeness (QED) is 0.477. The number of hydrogen-bond acceptors (Lipinski definition) is 4. The minimum atomic E-state index is -0.379. The van der Waals surface area contributed by atoms with Crippen molar-refractivity contribution < 1.29 is 14.3 Å². The molecule has 0 aliphatic carbocycles. The zero-order chi connectivity index (χ0) is 12.1. The van der Waals surface area contributed by atoms with Gasteiger partial charge in [-0.15, -0.1) is 0 Å². The Bertz CT molecular complexity index is 384. The average molecular weight is 221 g/mol. The van der Waals surface area contributed by atoms with Crippen LogP contribution >= 0.6 is 0 Å². The van der Waals surface area contributed by atoms with Crippen LogP contribution in [0, 0.1) is 5.92 Å². The van der Waals surface area contributed by atoms with Gasteiger partial charge in [0.2, 0.25) is 0 Å². The first-order valence-corrected chi connectivity index (χ1v) is 5.01.